The highest BCUT2D eigenvalue weighted by atomic mass is 16.2. The summed E-state index contributed by atoms with van der Waals surface area (Å²) in [5, 5.41) is 0.885. The minimum atomic E-state index is -0.0823. The first-order valence-corrected chi connectivity index (χ1v) is 9.40. The molecule has 0 radical (unpaired) electrons. The van der Waals surface area contributed by atoms with Gasteiger partial charge in [0, 0.05) is 28.7 Å². The maximum absolute atomic E-state index is 13.3. The molecule has 3 aromatic carbocycles. The standard InChI is InChI=1S/C24H18N4O/c1-2-14-28(17-8-4-3-5-9-17)24(29)16-12-13-19-18(15-16)22-23(26-19)27-21-11-7-6-10-20(21)25-22/h2-13,15H,1,14H2,(H,26,27). The number of para-hydroxylation sites is 3. The molecule has 5 nitrogen and oxygen atoms in total. The van der Waals surface area contributed by atoms with E-state index in [-0.39, 0.29) is 5.91 Å². The number of anilines is 1. The van der Waals surface area contributed by atoms with Crippen LogP contribution in [0.3, 0.4) is 0 Å². The number of carbonyl (C=O) groups excluding carboxylic acids is 1. The van der Waals surface area contributed by atoms with E-state index in [1.807, 2.05) is 72.8 Å². The van der Waals surface area contributed by atoms with Crippen LogP contribution in [0.4, 0.5) is 5.69 Å². The Morgan fingerprint density at radius 1 is 0.966 bits per heavy atom. The summed E-state index contributed by atoms with van der Waals surface area (Å²) < 4.78 is 0. The number of hydrogen-bond acceptors (Lipinski definition) is 3. The van der Waals surface area contributed by atoms with Crippen LogP contribution in [0, 0.1) is 0 Å². The summed E-state index contributed by atoms with van der Waals surface area (Å²) in [4.78, 5) is 27.7. The van der Waals surface area contributed by atoms with Gasteiger partial charge in [0.2, 0.25) is 0 Å². The van der Waals surface area contributed by atoms with Crippen molar-refractivity contribution in [1.82, 2.24) is 15.0 Å². The molecule has 0 saturated heterocycles. The summed E-state index contributed by atoms with van der Waals surface area (Å²) in [5.41, 5.74) is 5.49. The third-order valence-electron chi connectivity index (χ3n) is 4.97. The van der Waals surface area contributed by atoms with Crippen LogP contribution in [-0.4, -0.2) is 27.4 Å². The Kier molecular flexibility index (Phi) is 4.06. The van der Waals surface area contributed by atoms with Crippen LogP contribution in [0.15, 0.2) is 85.5 Å². The molecule has 0 aliphatic carbocycles. The van der Waals surface area contributed by atoms with Crippen LogP contribution in [0.5, 0.6) is 0 Å². The van der Waals surface area contributed by atoms with Crippen LogP contribution in [0.2, 0.25) is 0 Å². The number of amides is 1. The van der Waals surface area contributed by atoms with Gasteiger partial charge in [-0.05, 0) is 42.5 Å². The molecule has 0 aliphatic heterocycles. The normalized spacial score (nSPS) is 11.2. The monoisotopic (exact) mass is 378 g/mol. The van der Waals surface area contributed by atoms with Gasteiger partial charge in [0.05, 0.1) is 11.0 Å². The first kappa shape index (κ1) is 17.1. The van der Waals surface area contributed by atoms with Crippen molar-refractivity contribution in [3.63, 3.8) is 0 Å². The fourth-order valence-corrected chi connectivity index (χ4v) is 3.58. The number of aromatic amines is 1. The lowest BCUT2D eigenvalue weighted by Crippen LogP contribution is -2.30. The molecule has 2 aromatic heterocycles. The number of carbonyl (C=O) groups is 1. The lowest BCUT2D eigenvalue weighted by atomic mass is 10.1. The molecule has 5 heteroatoms. The van der Waals surface area contributed by atoms with Crippen LogP contribution in [-0.2, 0) is 0 Å². The second-order valence-electron chi connectivity index (χ2n) is 6.83. The molecule has 5 aromatic rings. The van der Waals surface area contributed by atoms with Gasteiger partial charge in [-0.3, -0.25) is 4.79 Å². The summed E-state index contributed by atoms with van der Waals surface area (Å²) in [6, 6.07) is 23.0. The smallest absolute Gasteiger partial charge is 0.258 e. The summed E-state index contributed by atoms with van der Waals surface area (Å²) >= 11 is 0. The van der Waals surface area contributed by atoms with Crippen molar-refractivity contribution < 1.29 is 4.79 Å². The largest absolute Gasteiger partial charge is 0.338 e. The number of aromatic nitrogens is 3. The van der Waals surface area contributed by atoms with Crippen molar-refractivity contribution in [2.75, 3.05) is 11.4 Å². The molecule has 140 valence electrons. The molecule has 0 unspecified atom stereocenters. The number of fused-ring (bicyclic) bond motifs is 4. The summed E-state index contributed by atoms with van der Waals surface area (Å²) in [7, 11) is 0. The van der Waals surface area contributed by atoms with Gasteiger partial charge in [0.1, 0.15) is 5.52 Å². The predicted octanol–water partition coefficient (Wildman–Crippen LogP) is 5.10. The molecule has 1 N–H and O–H groups in total. The van der Waals surface area contributed by atoms with Gasteiger partial charge in [0.25, 0.3) is 5.91 Å². The van der Waals surface area contributed by atoms with Crippen LogP contribution >= 0.6 is 0 Å². The minimum Gasteiger partial charge on any atom is -0.338 e. The van der Waals surface area contributed by atoms with Crippen molar-refractivity contribution >= 4 is 44.7 Å². The first-order chi connectivity index (χ1) is 14.2. The SMILES string of the molecule is C=CCN(C(=O)c1ccc2[nH]c3nc4ccccc4nc3c2c1)c1ccccc1. The van der Waals surface area contributed by atoms with Gasteiger partial charge in [-0.1, -0.05) is 36.4 Å². The zero-order valence-electron chi connectivity index (χ0n) is 15.7. The molecule has 1 amide bonds. The van der Waals surface area contributed by atoms with Gasteiger partial charge in [0.15, 0.2) is 5.65 Å². The van der Waals surface area contributed by atoms with Crippen molar-refractivity contribution in [3.8, 4) is 0 Å². The Bertz CT molecular complexity index is 1370. The molecule has 0 spiro atoms. The Morgan fingerprint density at radius 3 is 2.45 bits per heavy atom. The first-order valence-electron chi connectivity index (χ1n) is 9.40. The topological polar surface area (TPSA) is 61.9 Å². The van der Waals surface area contributed by atoms with E-state index >= 15 is 0 Å². The fraction of sp³-hybridized carbons (Fsp3) is 0.0417. The highest BCUT2D eigenvalue weighted by molar-refractivity contribution is 6.12. The number of nitrogens with zero attached hydrogens (tertiary/aromatic N) is 3. The van der Waals surface area contributed by atoms with Crippen LogP contribution in [0.1, 0.15) is 10.4 Å². The highest BCUT2D eigenvalue weighted by Crippen LogP contribution is 2.27. The van der Waals surface area contributed by atoms with Gasteiger partial charge in [-0.2, -0.15) is 0 Å². The number of H-pyrrole nitrogens is 1. The second-order valence-corrected chi connectivity index (χ2v) is 6.83. The molecular formula is C24H18N4O. The summed E-state index contributed by atoms with van der Waals surface area (Å²) in [6.45, 7) is 4.23. The molecule has 2 heterocycles. The average Bonchev–Trinajstić information content (AvgIpc) is 3.12. The number of hydrogen-bond donors (Lipinski definition) is 1. The third kappa shape index (κ3) is 2.93. The minimum absolute atomic E-state index is 0.0823. The van der Waals surface area contributed by atoms with E-state index in [0.29, 0.717) is 17.8 Å². The van der Waals surface area contributed by atoms with E-state index < -0.39 is 0 Å². The molecule has 0 fully saturated rings. The van der Waals surface area contributed by atoms with E-state index in [1.165, 1.54) is 0 Å². The third-order valence-corrected chi connectivity index (χ3v) is 4.97. The summed E-state index contributed by atoms with van der Waals surface area (Å²) in [6.07, 6.45) is 1.73. The maximum atomic E-state index is 13.3. The molecule has 0 saturated carbocycles. The lowest BCUT2D eigenvalue weighted by molar-refractivity contribution is 0.0990. The average molecular weight is 378 g/mol. The van der Waals surface area contributed by atoms with E-state index in [1.54, 1.807) is 11.0 Å². The van der Waals surface area contributed by atoms with Crippen molar-refractivity contribution in [3.05, 3.63) is 91.0 Å². The van der Waals surface area contributed by atoms with Gasteiger partial charge >= 0.3 is 0 Å². The Morgan fingerprint density at radius 2 is 1.69 bits per heavy atom. The van der Waals surface area contributed by atoms with E-state index in [4.69, 9.17) is 4.98 Å². The fourth-order valence-electron chi connectivity index (χ4n) is 3.58. The Hall–Kier alpha value is -3.99. The highest BCUT2D eigenvalue weighted by Gasteiger charge is 2.18. The molecular weight excluding hydrogens is 360 g/mol. The van der Waals surface area contributed by atoms with Gasteiger partial charge in [-0.15, -0.1) is 6.58 Å². The van der Waals surface area contributed by atoms with Crippen molar-refractivity contribution in [1.29, 1.82) is 0 Å². The molecule has 0 atom stereocenters. The van der Waals surface area contributed by atoms with E-state index in [9.17, 15) is 4.79 Å². The quantitative estimate of drug-likeness (QED) is 0.443. The molecule has 0 aliphatic rings. The van der Waals surface area contributed by atoms with Crippen LogP contribution in [0.25, 0.3) is 33.1 Å². The predicted molar refractivity (Wildman–Crippen MR) is 117 cm³/mol. The number of nitrogens with one attached hydrogen (secondary N) is 1. The lowest BCUT2D eigenvalue weighted by Gasteiger charge is -2.21. The molecule has 5 rings (SSSR count). The van der Waals surface area contributed by atoms with E-state index in [2.05, 4.69) is 16.5 Å². The van der Waals surface area contributed by atoms with Crippen molar-refractivity contribution in [2.45, 2.75) is 0 Å². The van der Waals surface area contributed by atoms with E-state index in [0.717, 1.165) is 33.1 Å². The maximum Gasteiger partial charge on any atom is 0.258 e. The molecule has 0 bridgehead atoms. The van der Waals surface area contributed by atoms with Gasteiger partial charge < -0.3 is 9.88 Å². The van der Waals surface area contributed by atoms with Gasteiger partial charge in [-0.25, -0.2) is 9.97 Å². The second kappa shape index (κ2) is 6.87. The van der Waals surface area contributed by atoms with Crippen molar-refractivity contribution in [2.24, 2.45) is 0 Å². The number of rotatable bonds is 4. The zero-order chi connectivity index (χ0) is 19.8. The summed E-state index contributed by atoms with van der Waals surface area (Å²) in [5.74, 6) is -0.0823. The molecule has 29 heavy (non-hydrogen) atoms. The van der Waals surface area contributed by atoms with Crippen LogP contribution < -0.4 is 4.90 Å². The Balaban J connectivity index is 1.64. The Labute approximate surface area is 167 Å². The number of benzene rings is 3. The zero-order valence-corrected chi connectivity index (χ0v) is 15.7.